The number of carbonyl (C=O) groups excluding carboxylic acids is 1. The summed E-state index contributed by atoms with van der Waals surface area (Å²) >= 11 is 1.11. The van der Waals surface area contributed by atoms with Gasteiger partial charge >= 0.3 is 0 Å². The van der Waals surface area contributed by atoms with Crippen LogP contribution in [-0.2, 0) is 11.4 Å². The number of amides is 1. The van der Waals surface area contributed by atoms with Crippen molar-refractivity contribution in [1.29, 1.82) is 0 Å². The zero-order chi connectivity index (χ0) is 13.1. The quantitative estimate of drug-likeness (QED) is 0.896. The first kappa shape index (κ1) is 12.7. The maximum absolute atomic E-state index is 12.9. The second-order valence-corrected chi connectivity index (χ2v) is 4.53. The van der Waals surface area contributed by atoms with E-state index >= 15 is 0 Å². The lowest BCUT2D eigenvalue weighted by Crippen LogP contribution is -2.07. The number of hydrogen-bond acceptors (Lipinski definition) is 4. The third kappa shape index (κ3) is 2.55. The lowest BCUT2D eigenvalue weighted by molar-refractivity contribution is -0.114. The standard InChI is InChI=1S/C12H11FN2O2S/c1-7(17)14-12-10(6-16)18-15-11(12)8-2-4-9(13)5-3-8/h2-5,16H,6H2,1H3,(H,14,17). The summed E-state index contributed by atoms with van der Waals surface area (Å²) in [6, 6.07) is 5.81. The Bertz CT molecular complexity index is 566. The van der Waals surface area contributed by atoms with Crippen LogP contribution in [0, 0.1) is 5.82 Å². The average molecular weight is 266 g/mol. The van der Waals surface area contributed by atoms with Gasteiger partial charge in [0.25, 0.3) is 0 Å². The molecule has 1 aromatic heterocycles. The fourth-order valence-corrected chi connectivity index (χ4v) is 2.24. The number of nitrogens with zero attached hydrogens (tertiary/aromatic N) is 1. The number of aliphatic hydroxyl groups excluding tert-OH is 1. The van der Waals surface area contributed by atoms with Crippen LogP contribution in [0.1, 0.15) is 11.8 Å². The Morgan fingerprint density at radius 1 is 1.44 bits per heavy atom. The van der Waals surface area contributed by atoms with Crippen molar-refractivity contribution in [3.63, 3.8) is 0 Å². The van der Waals surface area contributed by atoms with Gasteiger partial charge in [-0.15, -0.1) is 0 Å². The molecule has 1 heterocycles. The van der Waals surface area contributed by atoms with Crippen molar-refractivity contribution >= 4 is 23.1 Å². The van der Waals surface area contributed by atoms with Crippen LogP contribution in [-0.4, -0.2) is 15.4 Å². The first-order valence-electron chi connectivity index (χ1n) is 5.24. The van der Waals surface area contributed by atoms with Crippen molar-refractivity contribution in [3.8, 4) is 11.3 Å². The van der Waals surface area contributed by atoms with E-state index in [9.17, 15) is 14.3 Å². The second kappa shape index (κ2) is 5.24. The molecule has 2 N–H and O–H groups in total. The Morgan fingerprint density at radius 2 is 2.11 bits per heavy atom. The molecule has 0 unspecified atom stereocenters. The smallest absolute Gasteiger partial charge is 0.221 e. The van der Waals surface area contributed by atoms with Gasteiger partial charge in [0.05, 0.1) is 17.2 Å². The third-order valence-electron chi connectivity index (χ3n) is 2.33. The number of aliphatic hydroxyl groups is 1. The molecule has 0 aliphatic carbocycles. The summed E-state index contributed by atoms with van der Waals surface area (Å²) in [6.07, 6.45) is 0. The fourth-order valence-electron chi connectivity index (χ4n) is 1.54. The summed E-state index contributed by atoms with van der Waals surface area (Å²) in [4.78, 5) is 11.7. The highest BCUT2D eigenvalue weighted by molar-refractivity contribution is 7.06. The predicted octanol–water partition coefficient (Wildman–Crippen LogP) is 2.40. The highest BCUT2D eigenvalue weighted by Gasteiger charge is 2.15. The Balaban J connectivity index is 2.46. The number of aromatic nitrogens is 1. The number of halogens is 1. The van der Waals surface area contributed by atoms with Gasteiger partial charge in [0, 0.05) is 12.5 Å². The molecular weight excluding hydrogens is 255 g/mol. The van der Waals surface area contributed by atoms with Crippen molar-refractivity contribution in [2.45, 2.75) is 13.5 Å². The number of carbonyl (C=O) groups is 1. The molecule has 94 valence electrons. The lowest BCUT2D eigenvalue weighted by atomic mass is 10.1. The SMILES string of the molecule is CC(=O)Nc1c(-c2ccc(F)cc2)nsc1CO. The monoisotopic (exact) mass is 266 g/mol. The second-order valence-electron chi connectivity index (χ2n) is 3.68. The third-order valence-corrected chi connectivity index (χ3v) is 3.15. The summed E-state index contributed by atoms with van der Waals surface area (Å²) in [7, 11) is 0. The van der Waals surface area contributed by atoms with E-state index in [0.29, 0.717) is 21.8 Å². The Morgan fingerprint density at radius 3 is 2.67 bits per heavy atom. The number of rotatable bonds is 3. The zero-order valence-electron chi connectivity index (χ0n) is 9.61. The number of benzene rings is 1. The van der Waals surface area contributed by atoms with E-state index in [1.165, 1.54) is 19.1 Å². The van der Waals surface area contributed by atoms with Gasteiger partial charge in [-0.25, -0.2) is 4.39 Å². The molecule has 4 nitrogen and oxygen atoms in total. The molecule has 1 aromatic carbocycles. The molecule has 0 aliphatic heterocycles. The summed E-state index contributed by atoms with van der Waals surface area (Å²) in [5.74, 6) is -0.578. The van der Waals surface area contributed by atoms with Crippen LogP contribution < -0.4 is 5.32 Å². The largest absolute Gasteiger partial charge is 0.391 e. The normalized spacial score (nSPS) is 10.4. The van der Waals surface area contributed by atoms with Gasteiger partial charge in [0.2, 0.25) is 5.91 Å². The van der Waals surface area contributed by atoms with Gasteiger partial charge in [-0.05, 0) is 35.8 Å². The molecule has 1 amide bonds. The average Bonchev–Trinajstić information content (AvgIpc) is 2.72. The van der Waals surface area contributed by atoms with Gasteiger partial charge in [0.15, 0.2) is 0 Å². The molecule has 18 heavy (non-hydrogen) atoms. The van der Waals surface area contributed by atoms with Crippen LogP contribution in [0.5, 0.6) is 0 Å². The maximum Gasteiger partial charge on any atom is 0.221 e. The molecule has 6 heteroatoms. The highest BCUT2D eigenvalue weighted by Crippen LogP contribution is 2.33. The summed E-state index contributed by atoms with van der Waals surface area (Å²) in [5, 5.41) is 11.8. The fraction of sp³-hybridized carbons (Fsp3) is 0.167. The van der Waals surface area contributed by atoms with E-state index in [1.54, 1.807) is 12.1 Å². The van der Waals surface area contributed by atoms with Gasteiger partial charge < -0.3 is 10.4 Å². The van der Waals surface area contributed by atoms with Gasteiger partial charge in [-0.1, -0.05) is 0 Å². The van der Waals surface area contributed by atoms with Crippen molar-refractivity contribution in [2.24, 2.45) is 0 Å². The number of anilines is 1. The molecule has 0 spiro atoms. The number of hydrogen-bond donors (Lipinski definition) is 2. The van der Waals surface area contributed by atoms with Crippen LogP contribution in [0.4, 0.5) is 10.1 Å². The first-order valence-corrected chi connectivity index (χ1v) is 6.02. The topological polar surface area (TPSA) is 62.2 Å². The minimum atomic E-state index is -0.336. The number of nitrogens with one attached hydrogen (secondary N) is 1. The van der Waals surface area contributed by atoms with Crippen LogP contribution in [0.2, 0.25) is 0 Å². The molecular formula is C12H11FN2O2S. The molecule has 0 saturated heterocycles. The molecule has 2 rings (SSSR count). The van der Waals surface area contributed by atoms with Gasteiger partial charge in [-0.2, -0.15) is 4.37 Å². The summed E-state index contributed by atoms with van der Waals surface area (Å²) in [6.45, 7) is 1.18. The van der Waals surface area contributed by atoms with E-state index in [4.69, 9.17) is 0 Å². The summed E-state index contributed by atoms with van der Waals surface area (Å²) in [5.41, 5.74) is 1.72. The van der Waals surface area contributed by atoms with E-state index in [-0.39, 0.29) is 18.3 Å². The lowest BCUT2D eigenvalue weighted by Gasteiger charge is -2.05. The van der Waals surface area contributed by atoms with Crippen LogP contribution in [0.15, 0.2) is 24.3 Å². The van der Waals surface area contributed by atoms with Gasteiger partial charge in [0.1, 0.15) is 11.5 Å². The summed E-state index contributed by atoms with van der Waals surface area (Å²) < 4.78 is 17.0. The minimum Gasteiger partial charge on any atom is -0.391 e. The van der Waals surface area contributed by atoms with E-state index in [1.807, 2.05) is 0 Å². The van der Waals surface area contributed by atoms with E-state index in [0.717, 1.165) is 11.5 Å². The Hall–Kier alpha value is -1.79. The molecule has 0 radical (unpaired) electrons. The van der Waals surface area contributed by atoms with Crippen molar-refractivity contribution in [2.75, 3.05) is 5.32 Å². The van der Waals surface area contributed by atoms with E-state index < -0.39 is 0 Å². The molecule has 2 aromatic rings. The minimum absolute atomic E-state index is 0.200. The van der Waals surface area contributed by atoms with Crippen LogP contribution >= 0.6 is 11.5 Å². The molecule has 0 saturated carbocycles. The van der Waals surface area contributed by atoms with Crippen molar-refractivity contribution < 1.29 is 14.3 Å². The maximum atomic E-state index is 12.9. The Labute approximate surface area is 107 Å². The van der Waals surface area contributed by atoms with Crippen molar-refractivity contribution in [3.05, 3.63) is 35.0 Å². The van der Waals surface area contributed by atoms with Crippen LogP contribution in [0.25, 0.3) is 11.3 Å². The Kier molecular flexibility index (Phi) is 3.69. The zero-order valence-corrected chi connectivity index (χ0v) is 10.4. The first-order chi connectivity index (χ1) is 8.61. The van der Waals surface area contributed by atoms with Crippen molar-refractivity contribution in [1.82, 2.24) is 4.37 Å². The molecule has 0 fully saturated rings. The van der Waals surface area contributed by atoms with E-state index in [2.05, 4.69) is 9.69 Å². The van der Waals surface area contributed by atoms with Gasteiger partial charge in [-0.3, -0.25) is 4.79 Å². The molecule has 0 bridgehead atoms. The van der Waals surface area contributed by atoms with Crippen LogP contribution in [0.3, 0.4) is 0 Å². The highest BCUT2D eigenvalue weighted by atomic mass is 32.1. The molecule has 0 atom stereocenters. The predicted molar refractivity (Wildman–Crippen MR) is 67.7 cm³/mol. The molecule has 0 aliphatic rings.